The number of methoxy groups -OCH3 is 1. The number of esters is 4. The molecule has 0 aromatic carbocycles. The normalized spacial score (nSPS) is 47.2. The lowest BCUT2D eigenvalue weighted by atomic mass is 9.43. The minimum atomic E-state index is -2.85. The second-order valence-electron chi connectivity index (χ2n) is 13.6. The molecular formula is C31H36O14. The predicted molar refractivity (Wildman–Crippen MR) is 145 cm³/mol. The molecule has 11 atom stereocenters. The summed E-state index contributed by atoms with van der Waals surface area (Å²) in [6.07, 6.45) is -0.887. The van der Waals surface area contributed by atoms with Crippen LogP contribution in [0, 0.1) is 22.2 Å². The second-order valence-corrected chi connectivity index (χ2v) is 13.6. The van der Waals surface area contributed by atoms with E-state index in [1.165, 1.54) is 52.4 Å². The van der Waals surface area contributed by atoms with Crippen molar-refractivity contribution in [3.05, 3.63) is 36.3 Å². The molecule has 0 radical (unpaired) electrons. The van der Waals surface area contributed by atoms with Crippen molar-refractivity contribution in [3.63, 3.8) is 0 Å². The van der Waals surface area contributed by atoms with Gasteiger partial charge in [0.05, 0.1) is 30.5 Å². The van der Waals surface area contributed by atoms with Crippen molar-refractivity contribution in [1.82, 2.24) is 0 Å². The van der Waals surface area contributed by atoms with Crippen molar-refractivity contribution in [3.8, 4) is 0 Å². The van der Waals surface area contributed by atoms with Gasteiger partial charge in [0.25, 0.3) is 0 Å². The Morgan fingerprint density at radius 1 is 0.978 bits per heavy atom. The van der Waals surface area contributed by atoms with E-state index in [2.05, 4.69) is 0 Å². The Morgan fingerprint density at radius 2 is 1.62 bits per heavy atom. The summed E-state index contributed by atoms with van der Waals surface area (Å²) in [5, 5.41) is 25.7. The van der Waals surface area contributed by atoms with Crippen molar-refractivity contribution in [2.75, 3.05) is 7.11 Å². The number of hydrogen-bond acceptors (Lipinski definition) is 14. The molecule has 2 saturated carbocycles. The van der Waals surface area contributed by atoms with E-state index >= 15 is 0 Å². The van der Waals surface area contributed by atoms with E-state index in [0.717, 1.165) is 27.0 Å². The van der Waals surface area contributed by atoms with Crippen molar-refractivity contribution in [2.24, 2.45) is 22.2 Å². The number of rotatable bonds is 5. The zero-order valence-corrected chi connectivity index (χ0v) is 26.1. The zero-order chi connectivity index (χ0) is 33.3. The summed E-state index contributed by atoms with van der Waals surface area (Å²) in [5.41, 5.74) is -11.9. The molecule has 2 aliphatic carbocycles. The van der Waals surface area contributed by atoms with Gasteiger partial charge in [0.1, 0.15) is 23.4 Å². The Bertz CT molecular complexity index is 1550. The van der Waals surface area contributed by atoms with Crippen LogP contribution >= 0.6 is 0 Å². The molecular weight excluding hydrogens is 596 g/mol. The van der Waals surface area contributed by atoms with E-state index in [-0.39, 0.29) is 0 Å². The van der Waals surface area contributed by atoms with Gasteiger partial charge in [-0.3, -0.25) is 14.4 Å². The Hall–Kier alpha value is -3.59. The number of hydrogen-bond donors (Lipinski definition) is 2. The molecule has 1 aromatic rings. The summed E-state index contributed by atoms with van der Waals surface area (Å²) >= 11 is 0. The van der Waals surface area contributed by atoms with Crippen molar-refractivity contribution in [1.29, 1.82) is 0 Å². The number of cyclic esters (lactones) is 1. The van der Waals surface area contributed by atoms with Gasteiger partial charge >= 0.3 is 23.9 Å². The molecule has 14 heteroatoms. The number of fused-ring (bicyclic) bond motifs is 3. The maximum Gasteiger partial charge on any atom is 0.339 e. The minimum absolute atomic E-state index is 0.331. The van der Waals surface area contributed by atoms with Crippen LogP contribution in [0.1, 0.15) is 60.1 Å². The summed E-state index contributed by atoms with van der Waals surface area (Å²) in [4.78, 5) is 66.0. The van der Waals surface area contributed by atoms with Gasteiger partial charge in [-0.25, -0.2) is 9.59 Å². The third-order valence-electron chi connectivity index (χ3n) is 11.1. The first-order valence-electron chi connectivity index (χ1n) is 14.5. The third-order valence-corrected chi connectivity index (χ3v) is 11.1. The van der Waals surface area contributed by atoms with Gasteiger partial charge < -0.3 is 43.1 Å². The fourth-order valence-electron chi connectivity index (χ4n) is 9.52. The highest BCUT2D eigenvalue weighted by Gasteiger charge is 3.01. The van der Waals surface area contributed by atoms with Crippen LogP contribution in [0.25, 0.3) is 0 Å². The summed E-state index contributed by atoms with van der Waals surface area (Å²) in [7, 11) is 1.13. The molecule has 14 nitrogen and oxygen atoms in total. The first-order chi connectivity index (χ1) is 20.8. The Morgan fingerprint density at radius 3 is 2.18 bits per heavy atom. The molecule has 2 N–H and O–H groups in total. The number of epoxide rings is 1. The molecule has 1 aromatic heterocycles. The summed E-state index contributed by atoms with van der Waals surface area (Å²) in [5.74, 6) is -8.53. The van der Waals surface area contributed by atoms with E-state index < -0.39 is 98.8 Å². The van der Waals surface area contributed by atoms with Crippen LogP contribution in [0.15, 0.2) is 35.2 Å². The van der Waals surface area contributed by atoms with Crippen LogP contribution in [0.3, 0.4) is 0 Å². The fourth-order valence-corrected chi connectivity index (χ4v) is 9.52. The molecule has 6 rings (SSSR count). The van der Waals surface area contributed by atoms with E-state index in [4.69, 9.17) is 32.8 Å². The first kappa shape index (κ1) is 31.4. The summed E-state index contributed by atoms with van der Waals surface area (Å²) in [6.45, 7) is 9.44. The highest BCUT2D eigenvalue weighted by atomic mass is 16.7. The molecule has 244 valence electrons. The first-order valence-corrected chi connectivity index (χ1v) is 14.5. The van der Waals surface area contributed by atoms with Crippen LogP contribution < -0.4 is 0 Å². The Labute approximate surface area is 257 Å². The number of furan rings is 1. The molecule has 0 unspecified atom stereocenters. The molecule has 3 saturated heterocycles. The number of carbonyl (C=O) groups is 5. The van der Waals surface area contributed by atoms with E-state index in [9.17, 15) is 34.2 Å². The second kappa shape index (κ2) is 9.02. The molecule has 1 spiro atoms. The number of ether oxygens (including phenoxy) is 6. The average molecular weight is 633 g/mol. The number of aliphatic hydroxyl groups is 2. The van der Waals surface area contributed by atoms with Gasteiger partial charge in [-0.2, -0.15) is 0 Å². The molecule has 45 heavy (non-hydrogen) atoms. The van der Waals surface area contributed by atoms with Gasteiger partial charge in [0.15, 0.2) is 17.8 Å². The van der Waals surface area contributed by atoms with Crippen LogP contribution in [-0.4, -0.2) is 87.9 Å². The standard InChI is InChI=1S/C31H36O14/c1-14(32)41-18-19-26(5,11-9-17(34)39-8)29(37)24(36)25(3,4)45-31(29,38)28(19,7)30-22(44-30)23(35)43-20(16-10-12-40-13-16)27(30,6)21(18)42-15(2)33/h9-13,18-22,37-38H,1-8H3/b11-9-/t18-,19-,20+,21-,22-,26-,27-,28-,29+,30-,31+/m1/s1. The van der Waals surface area contributed by atoms with E-state index in [1.807, 2.05) is 0 Å². The fraction of sp³-hybridized carbons (Fsp3) is 0.645. The third kappa shape index (κ3) is 3.25. The molecule has 0 amide bonds. The van der Waals surface area contributed by atoms with E-state index in [1.54, 1.807) is 6.92 Å². The molecule has 4 heterocycles. The molecule has 5 fully saturated rings. The average Bonchev–Trinajstić information content (AvgIpc) is 3.44. The monoisotopic (exact) mass is 632 g/mol. The molecule has 3 aliphatic heterocycles. The Balaban J connectivity index is 1.76. The molecule has 5 aliphatic rings. The van der Waals surface area contributed by atoms with Crippen LogP contribution in [0.4, 0.5) is 0 Å². The zero-order valence-electron chi connectivity index (χ0n) is 26.1. The predicted octanol–water partition coefficient (Wildman–Crippen LogP) is 1.07. The smallest absolute Gasteiger partial charge is 0.339 e. The van der Waals surface area contributed by atoms with Gasteiger partial charge in [-0.1, -0.05) is 19.9 Å². The lowest BCUT2D eigenvalue weighted by Gasteiger charge is -2.63. The van der Waals surface area contributed by atoms with Crippen molar-refractivity contribution >= 4 is 29.7 Å². The number of carbonyl (C=O) groups excluding carboxylic acids is 5. The van der Waals surface area contributed by atoms with Gasteiger partial charge in [-0.05, 0) is 26.8 Å². The molecule has 0 bridgehead atoms. The van der Waals surface area contributed by atoms with Gasteiger partial charge in [0.2, 0.25) is 11.6 Å². The number of Topliss-reactive ketones (excluding diaryl/α,β-unsaturated/α-hetero) is 1. The lowest BCUT2D eigenvalue weighted by molar-refractivity contribution is -0.356. The van der Waals surface area contributed by atoms with Crippen LogP contribution in [0.5, 0.6) is 0 Å². The minimum Gasteiger partial charge on any atom is -0.472 e. The summed E-state index contributed by atoms with van der Waals surface area (Å²) in [6, 6.07) is 1.53. The van der Waals surface area contributed by atoms with Crippen molar-refractivity contribution < 1.29 is 67.0 Å². The SMILES string of the molecule is COC(=O)/C=C\[C@]1(C)[C@H]2[C@@H](OC(C)=O)[C@@H](OC(C)=O)[C@@]3(C)[C@H](c4ccoc4)OC(=O)[C@H]4O[C@]43[C@]2(C)[C@]2(O)OC(C)(C)C(=O)[C@@]21O. The Kier molecular flexibility index (Phi) is 6.29. The maximum absolute atomic E-state index is 14.3. The number of ketones is 1. The maximum atomic E-state index is 14.3. The van der Waals surface area contributed by atoms with Crippen LogP contribution in [-0.2, 0) is 52.4 Å². The van der Waals surface area contributed by atoms with Gasteiger partial charge in [0, 0.05) is 36.8 Å². The van der Waals surface area contributed by atoms with Crippen LogP contribution in [0.2, 0.25) is 0 Å². The van der Waals surface area contributed by atoms with Gasteiger partial charge in [-0.15, -0.1) is 0 Å². The summed E-state index contributed by atoms with van der Waals surface area (Å²) < 4.78 is 40.4. The topological polar surface area (TPSA) is 198 Å². The van der Waals surface area contributed by atoms with Crippen molar-refractivity contribution in [2.45, 2.75) is 95.5 Å². The highest BCUT2D eigenvalue weighted by molar-refractivity contribution is 6.00. The lowest BCUT2D eigenvalue weighted by Crippen LogP contribution is -2.77. The largest absolute Gasteiger partial charge is 0.472 e. The van der Waals surface area contributed by atoms with E-state index in [0.29, 0.717) is 5.56 Å². The highest BCUT2D eigenvalue weighted by Crippen LogP contribution is 2.85. The quantitative estimate of drug-likeness (QED) is 0.202.